The number of hydrogen-bond acceptors (Lipinski definition) is 5. The molecule has 0 aliphatic carbocycles. The van der Waals surface area contributed by atoms with Crippen molar-refractivity contribution in [2.24, 2.45) is 5.73 Å². The highest BCUT2D eigenvalue weighted by molar-refractivity contribution is 6.35. The number of piperidine rings is 1. The first-order chi connectivity index (χ1) is 12.5. The molecule has 1 aromatic carbocycles. The highest BCUT2D eigenvalue weighted by Gasteiger charge is 2.26. The number of rotatable bonds is 5. The molecule has 1 fully saturated rings. The van der Waals surface area contributed by atoms with Gasteiger partial charge in [0.15, 0.2) is 0 Å². The molecule has 8 heteroatoms. The van der Waals surface area contributed by atoms with Crippen molar-refractivity contribution >= 4 is 17.9 Å². The summed E-state index contributed by atoms with van der Waals surface area (Å²) < 4.78 is 4.95. The van der Waals surface area contributed by atoms with Crippen molar-refractivity contribution in [1.82, 2.24) is 15.5 Å². The van der Waals surface area contributed by atoms with E-state index in [1.807, 2.05) is 24.3 Å². The van der Waals surface area contributed by atoms with E-state index in [9.17, 15) is 14.4 Å². The monoisotopic (exact) mass is 362 g/mol. The van der Waals surface area contributed by atoms with Gasteiger partial charge in [-0.2, -0.15) is 0 Å². The van der Waals surface area contributed by atoms with Crippen LogP contribution in [0.3, 0.4) is 0 Å². The molecule has 142 valence electrons. The number of ether oxygens (including phenoxy) is 1. The predicted octanol–water partition coefficient (Wildman–Crippen LogP) is 0.499. The lowest BCUT2D eigenvalue weighted by Crippen LogP contribution is -2.50. The minimum Gasteiger partial charge on any atom is -0.450 e. The number of carbonyl (C=O) groups is 3. The van der Waals surface area contributed by atoms with E-state index in [-0.39, 0.29) is 18.7 Å². The summed E-state index contributed by atoms with van der Waals surface area (Å²) >= 11 is 0. The van der Waals surface area contributed by atoms with Crippen molar-refractivity contribution in [1.29, 1.82) is 0 Å². The van der Waals surface area contributed by atoms with Crippen LogP contribution in [0, 0.1) is 0 Å². The number of amides is 3. The van der Waals surface area contributed by atoms with Gasteiger partial charge in [0.25, 0.3) is 0 Å². The Morgan fingerprint density at radius 2 is 1.88 bits per heavy atom. The highest BCUT2D eigenvalue weighted by atomic mass is 16.6. The van der Waals surface area contributed by atoms with Gasteiger partial charge < -0.3 is 26.0 Å². The molecule has 0 spiro atoms. The van der Waals surface area contributed by atoms with Gasteiger partial charge in [0.2, 0.25) is 0 Å². The average Bonchev–Trinajstić information content (AvgIpc) is 2.67. The number of nitrogens with zero attached hydrogens (tertiary/aromatic N) is 1. The van der Waals surface area contributed by atoms with Crippen LogP contribution >= 0.6 is 0 Å². The Morgan fingerprint density at radius 3 is 2.54 bits per heavy atom. The molecule has 1 aliphatic heterocycles. The molecule has 0 atom stereocenters. The third-order valence-electron chi connectivity index (χ3n) is 4.24. The summed E-state index contributed by atoms with van der Waals surface area (Å²) in [6, 6.07) is 7.40. The Hall–Kier alpha value is -2.61. The van der Waals surface area contributed by atoms with E-state index < -0.39 is 11.8 Å². The van der Waals surface area contributed by atoms with Crippen LogP contribution < -0.4 is 16.4 Å². The SMILES string of the molecule is CCOC(=O)N1CCC(NC(=O)C(=O)NCc2cccc(CN)c2)CC1. The van der Waals surface area contributed by atoms with Crippen LogP contribution in [-0.4, -0.2) is 48.5 Å². The van der Waals surface area contributed by atoms with E-state index in [0.29, 0.717) is 39.1 Å². The minimum absolute atomic E-state index is 0.125. The van der Waals surface area contributed by atoms with Crippen molar-refractivity contribution in [2.45, 2.75) is 38.9 Å². The summed E-state index contributed by atoms with van der Waals surface area (Å²) in [6.07, 6.45) is 0.849. The van der Waals surface area contributed by atoms with E-state index in [1.165, 1.54) is 0 Å². The molecular formula is C18H26N4O4. The number of likely N-dealkylation sites (tertiary alicyclic amines) is 1. The van der Waals surface area contributed by atoms with Crippen molar-refractivity contribution in [2.75, 3.05) is 19.7 Å². The number of nitrogens with one attached hydrogen (secondary N) is 2. The zero-order valence-corrected chi connectivity index (χ0v) is 15.0. The Kier molecular flexibility index (Phi) is 7.40. The van der Waals surface area contributed by atoms with Crippen molar-refractivity contribution in [3.8, 4) is 0 Å². The number of hydrogen-bond donors (Lipinski definition) is 3. The van der Waals surface area contributed by atoms with E-state index in [4.69, 9.17) is 10.5 Å². The van der Waals surface area contributed by atoms with Gasteiger partial charge in [-0.1, -0.05) is 24.3 Å². The first-order valence-electron chi connectivity index (χ1n) is 8.81. The molecule has 0 unspecified atom stereocenters. The summed E-state index contributed by atoms with van der Waals surface area (Å²) in [4.78, 5) is 37.2. The molecule has 0 radical (unpaired) electrons. The maximum atomic E-state index is 12.0. The third kappa shape index (κ3) is 5.73. The maximum absolute atomic E-state index is 12.0. The smallest absolute Gasteiger partial charge is 0.409 e. The maximum Gasteiger partial charge on any atom is 0.409 e. The number of benzene rings is 1. The molecular weight excluding hydrogens is 336 g/mol. The third-order valence-corrected chi connectivity index (χ3v) is 4.24. The molecule has 0 saturated carbocycles. The second-order valence-electron chi connectivity index (χ2n) is 6.14. The normalized spacial score (nSPS) is 14.6. The van der Waals surface area contributed by atoms with Crippen molar-refractivity contribution in [3.63, 3.8) is 0 Å². The van der Waals surface area contributed by atoms with Crippen LogP contribution in [0.4, 0.5) is 4.79 Å². The highest BCUT2D eigenvalue weighted by Crippen LogP contribution is 2.11. The first-order valence-corrected chi connectivity index (χ1v) is 8.81. The van der Waals surface area contributed by atoms with E-state index in [1.54, 1.807) is 11.8 Å². The van der Waals surface area contributed by atoms with E-state index in [2.05, 4.69) is 10.6 Å². The Morgan fingerprint density at radius 1 is 1.19 bits per heavy atom. The Bertz CT molecular complexity index is 642. The first kappa shape index (κ1) is 19.7. The molecule has 0 bridgehead atoms. The molecule has 0 aromatic heterocycles. The zero-order chi connectivity index (χ0) is 18.9. The van der Waals surface area contributed by atoms with Gasteiger partial charge in [-0.3, -0.25) is 9.59 Å². The molecule has 8 nitrogen and oxygen atoms in total. The van der Waals surface area contributed by atoms with Gasteiger partial charge in [0.05, 0.1) is 6.61 Å². The fourth-order valence-corrected chi connectivity index (χ4v) is 2.80. The van der Waals surface area contributed by atoms with Crippen molar-refractivity contribution < 1.29 is 19.1 Å². The number of nitrogens with two attached hydrogens (primary N) is 1. The standard InChI is InChI=1S/C18H26N4O4/c1-2-26-18(25)22-8-6-15(7-9-22)21-17(24)16(23)20-12-14-5-3-4-13(10-14)11-19/h3-5,10,15H,2,6-9,11-12,19H2,1H3,(H,20,23)(H,21,24). The van der Waals surface area contributed by atoms with E-state index >= 15 is 0 Å². The molecule has 1 aliphatic rings. The van der Waals surface area contributed by atoms with Crippen LogP contribution in [0.1, 0.15) is 30.9 Å². The fourth-order valence-electron chi connectivity index (χ4n) is 2.80. The van der Waals surface area contributed by atoms with Crippen molar-refractivity contribution in [3.05, 3.63) is 35.4 Å². The van der Waals surface area contributed by atoms with Crippen LogP contribution in [0.5, 0.6) is 0 Å². The van der Waals surface area contributed by atoms with Crippen LogP contribution in [0.25, 0.3) is 0 Å². The van der Waals surface area contributed by atoms with E-state index in [0.717, 1.165) is 11.1 Å². The molecule has 3 amide bonds. The Labute approximate surface area is 153 Å². The second-order valence-corrected chi connectivity index (χ2v) is 6.14. The lowest BCUT2D eigenvalue weighted by atomic mass is 10.1. The quantitative estimate of drug-likeness (QED) is 0.660. The van der Waals surface area contributed by atoms with Gasteiger partial charge in [0.1, 0.15) is 0 Å². The topological polar surface area (TPSA) is 114 Å². The van der Waals surface area contributed by atoms with Gasteiger partial charge in [-0.15, -0.1) is 0 Å². The molecule has 26 heavy (non-hydrogen) atoms. The lowest BCUT2D eigenvalue weighted by molar-refractivity contribution is -0.139. The zero-order valence-electron chi connectivity index (χ0n) is 15.0. The summed E-state index contributed by atoms with van der Waals surface area (Å²) in [7, 11) is 0. The lowest BCUT2D eigenvalue weighted by Gasteiger charge is -2.31. The average molecular weight is 362 g/mol. The Balaban J connectivity index is 1.74. The van der Waals surface area contributed by atoms with Gasteiger partial charge in [0, 0.05) is 32.2 Å². The van der Waals surface area contributed by atoms with Gasteiger partial charge >= 0.3 is 17.9 Å². The molecule has 4 N–H and O–H groups in total. The minimum atomic E-state index is -0.670. The number of carbonyl (C=O) groups excluding carboxylic acids is 3. The van der Waals surface area contributed by atoms with Gasteiger partial charge in [-0.25, -0.2) is 4.79 Å². The van der Waals surface area contributed by atoms with Gasteiger partial charge in [-0.05, 0) is 30.9 Å². The van der Waals surface area contributed by atoms with Crippen LogP contribution in [-0.2, 0) is 27.4 Å². The predicted molar refractivity (Wildman–Crippen MR) is 95.9 cm³/mol. The van der Waals surface area contributed by atoms with Crippen LogP contribution in [0.2, 0.25) is 0 Å². The molecule has 1 heterocycles. The largest absolute Gasteiger partial charge is 0.450 e. The second kappa shape index (κ2) is 9.76. The summed E-state index contributed by atoms with van der Waals surface area (Å²) in [5.74, 6) is -1.33. The van der Waals surface area contributed by atoms with Crippen LogP contribution in [0.15, 0.2) is 24.3 Å². The molecule has 1 saturated heterocycles. The fraction of sp³-hybridized carbons (Fsp3) is 0.500. The molecule has 2 rings (SSSR count). The summed E-state index contributed by atoms with van der Waals surface area (Å²) in [6.45, 7) is 3.78. The molecule has 1 aromatic rings. The summed E-state index contributed by atoms with van der Waals surface area (Å²) in [5, 5.41) is 5.33. The summed E-state index contributed by atoms with van der Waals surface area (Å²) in [5.41, 5.74) is 7.44.